The maximum atomic E-state index is 12.3. The van der Waals surface area contributed by atoms with E-state index in [1.165, 1.54) is 0 Å². The molecule has 0 spiro atoms. The van der Waals surface area contributed by atoms with Crippen molar-refractivity contribution < 1.29 is 4.79 Å². The van der Waals surface area contributed by atoms with Crippen molar-refractivity contribution in [1.82, 2.24) is 20.2 Å². The summed E-state index contributed by atoms with van der Waals surface area (Å²) in [7, 11) is 2.08. The minimum Gasteiger partial charge on any atom is -0.352 e. The third-order valence-corrected chi connectivity index (χ3v) is 4.98. The highest BCUT2D eigenvalue weighted by atomic mass is 16.1. The molecule has 2 aromatic rings. The van der Waals surface area contributed by atoms with Gasteiger partial charge in [-0.3, -0.25) is 19.8 Å². The van der Waals surface area contributed by atoms with Crippen LogP contribution >= 0.6 is 0 Å². The number of aryl methyl sites for hydroxylation is 1. The zero-order valence-electron chi connectivity index (χ0n) is 15.2. The fraction of sp³-hybridized carbons (Fsp3) is 0.400. The Kier molecular flexibility index (Phi) is 4.51. The summed E-state index contributed by atoms with van der Waals surface area (Å²) < 4.78 is 0. The highest BCUT2D eigenvalue weighted by Crippen LogP contribution is 2.23. The summed E-state index contributed by atoms with van der Waals surface area (Å²) in [6, 6.07) is 6.28. The third kappa shape index (κ3) is 3.51. The molecule has 0 aliphatic carbocycles. The lowest BCUT2D eigenvalue weighted by atomic mass is 10.0. The zero-order valence-corrected chi connectivity index (χ0v) is 15.2. The highest BCUT2D eigenvalue weighted by Gasteiger charge is 2.22. The van der Waals surface area contributed by atoms with Gasteiger partial charge in [0.15, 0.2) is 0 Å². The minimum atomic E-state index is 0.0432. The van der Waals surface area contributed by atoms with Crippen molar-refractivity contribution in [1.29, 1.82) is 0 Å². The van der Waals surface area contributed by atoms with Crippen molar-refractivity contribution in [2.45, 2.75) is 32.4 Å². The van der Waals surface area contributed by atoms with Crippen LogP contribution in [0.1, 0.15) is 34.5 Å². The number of pyridine rings is 2. The van der Waals surface area contributed by atoms with E-state index in [2.05, 4.69) is 32.2 Å². The van der Waals surface area contributed by atoms with Gasteiger partial charge in [-0.2, -0.15) is 0 Å². The number of nitrogens with zero attached hydrogens (tertiary/aromatic N) is 4. The lowest BCUT2D eigenvalue weighted by Crippen LogP contribution is -2.37. The van der Waals surface area contributed by atoms with Crippen LogP contribution in [-0.4, -0.2) is 52.7 Å². The largest absolute Gasteiger partial charge is 0.352 e. The molecule has 0 saturated carbocycles. The number of aliphatic imine (C=N–C) groups is 1. The number of nitrogens with one attached hydrogen (secondary N) is 1. The van der Waals surface area contributed by atoms with E-state index in [9.17, 15) is 4.79 Å². The fourth-order valence-corrected chi connectivity index (χ4v) is 3.67. The quantitative estimate of drug-likeness (QED) is 0.908. The molecular weight excluding hydrogens is 326 g/mol. The summed E-state index contributed by atoms with van der Waals surface area (Å²) in [5, 5.41) is 3.11. The number of carbonyl (C=O) groups excluding carboxylic acids is 1. The highest BCUT2D eigenvalue weighted by molar-refractivity contribution is 6.15. The first-order valence-electron chi connectivity index (χ1n) is 9.02. The fourth-order valence-electron chi connectivity index (χ4n) is 3.67. The first kappa shape index (κ1) is 16.8. The summed E-state index contributed by atoms with van der Waals surface area (Å²) in [5.41, 5.74) is 5.98. The van der Waals surface area contributed by atoms with E-state index in [1.54, 1.807) is 6.20 Å². The van der Waals surface area contributed by atoms with Gasteiger partial charge in [-0.15, -0.1) is 0 Å². The molecule has 26 heavy (non-hydrogen) atoms. The summed E-state index contributed by atoms with van der Waals surface area (Å²) in [6.07, 6.45) is 4.99. The van der Waals surface area contributed by atoms with E-state index >= 15 is 0 Å². The standard InChI is InChI=1S/C20H23N5O/c1-13-7-14(3-5-21-13)20-18-11-22-17(8-15(18)10-23-20)9-19(26)24-16-4-6-25(2)12-16/h3,5,7-8,11,16H,4,6,9-10,12H2,1-2H3,(H,24,26)/t16-/m1/s1. The maximum absolute atomic E-state index is 12.3. The van der Waals surface area contributed by atoms with Crippen LogP contribution in [0.2, 0.25) is 0 Å². The van der Waals surface area contributed by atoms with Gasteiger partial charge in [-0.25, -0.2) is 0 Å². The van der Waals surface area contributed by atoms with Gasteiger partial charge >= 0.3 is 0 Å². The van der Waals surface area contributed by atoms with E-state index < -0.39 is 0 Å². The predicted molar refractivity (Wildman–Crippen MR) is 100 cm³/mol. The van der Waals surface area contributed by atoms with Crippen molar-refractivity contribution in [3.05, 3.63) is 58.7 Å². The molecule has 2 aliphatic heterocycles. The van der Waals surface area contributed by atoms with Gasteiger partial charge in [0, 0.05) is 41.8 Å². The number of hydrogen-bond acceptors (Lipinski definition) is 5. The number of likely N-dealkylation sites (N-methyl/N-ethyl adjacent to an activating group) is 1. The number of likely N-dealkylation sites (tertiary alicyclic amines) is 1. The molecule has 2 aromatic heterocycles. The van der Waals surface area contributed by atoms with Crippen LogP contribution in [0.25, 0.3) is 0 Å². The second kappa shape index (κ2) is 6.96. The molecule has 1 atom stereocenters. The van der Waals surface area contributed by atoms with Crippen molar-refractivity contribution in [3.8, 4) is 0 Å². The smallest absolute Gasteiger partial charge is 0.226 e. The molecule has 6 heteroatoms. The Hall–Kier alpha value is -2.60. The Morgan fingerprint density at radius 2 is 2.23 bits per heavy atom. The monoisotopic (exact) mass is 349 g/mol. The van der Waals surface area contributed by atoms with Gasteiger partial charge in [0.2, 0.25) is 5.91 Å². The van der Waals surface area contributed by atoms with Gasteiger partial charge in [0.05, 0.1) is 24.4 Å². The van der Waals surface area contributed by atoms with Crippen LogP contribution in [0, 0.1) is 6.92 Å². The number of amides is 1. The molecule has 1 fully saturated rings. The Bertz CT molecular complexity index is 876. The van der Waals surface area contributed by atoms with Crippen LogP contribution in [0.15, 0.2) is 35.6 Å². The Morgan fingerprint density at radius 1 is 1.35 bits per heavy atom. The normalized spacial score (nSPS) is 19.3. The topological polar surface area (TPSA) is 70.5 Å². The maximum Gasteiger partial charge on any atom is 0.226 e. The summed E-state index contributed by atoms with van der Waals surface area (Å²) in [4.78, 5) is 28.0. The lowest BCUT2D eigenvalue weighted by Gasteiger charge is -2.13. The van der Waals surface area contributed by atoms with E-state index in [0.29, 0.717) is 13.0 Å². The van der Waals surface area contributed by atoms with Crippen LogP contribution in [-0.2, 0) is 17.8 Å². The minimum absolute atomic E-state index is 0.0432. The van der Waals surface area contributed by atoms with Gasteiger partial charge in [0.1, 0.15) is 0 Å². The molecule has 0 radical (unpaired) electrons. The molecule has 0 unspecified atom stereocenters. The molecule has 4 heterocycles. The zero-order chi connectivity index (χ0) is 18.1. The number of hydrogen-bond donors (Lipinski definition) is 1. The molecule has 1 amide bonds. The van der Waals surface area contributed by atoms with Gasteiger partial charge in [0.25, 0.3) is 0 Å². The molecule has 6 nitrogen and oxygen atoms in total. The van der Waals surface area contributed by atoms with Crippen LogP contribution in [0.4, 0.5) is 0 Å². The molecule has 1 saturated heterocycles. The summed E-state index contributed by atoms with van der Waals surface area (Å²) >= 11 is 0. The average Bonchev–Trinajstić information content (AvgIpc) is 3.20. The summed E-state index contributed by atoms with van der Waals surface area (Å²) in [6.45, 7) is 4.57. The van der Waals surface area contributed by atoms with Crippen LogP contribution < -0.4 is 5.32 Å². The Morgan fingerprint density at radius 3 is 3.00 bits per heavy atom. The first-order valence-corrected chi connectivity index (χ1v) is 9.02. The van der Waals surface area contributed by atoms with E-state index in [1.807, 2.05) is 31.3 Å². The predicted octanol–water partition coefficient (Wildman–Crippen LogP) is 1.50. The van der Waals surface area contributed by atoms with Crippen LogP contribution in [0.3, 0.4) is 0 Å². The molecule has 134 valence electrons. The van der Waals surface area contributed by atoms with Crippen molar-refractivity contribution in [2.24, 2.45) is 4.99 Å². The van der Waals surface area contributed by atoms with E-state index in [4.69, 9.17) is 0 Å². The van der Waals surface area contributed by atoms with E-state index in [-0.39, 0.29) is 11.9 Å². The molecular formula is C20H23N5O. The second-order valence-electron chi connectivity index (χ2n) is 7.18. The van der Waals surface area contributed by atoms with Gasteiger partial charge in [-0.1, -0.05) is 0 Å². The number of aromatic nitrogens is 2. The first-order chi connectivity index (χ1) is 12.6. The molecule has 4 rings (SSSR count). The Balaban J connectivity index is 1.45. The third-order valence-electron chi connectivity index (χ3n) is 4.98. The molecule has 0 aromatic carbocycles. The van der Waals surface area contributed by atoms with Crippen LogP contribution in [0.5, 0.6) is 0 Å². The SMILES string of the molecule is Cc1cc(C2=NCc3cc(CC(=O)N[C@@H]4CCN(C)C4)ncc32)ccn1. The second-order valence-corrected chi connectivity index (χ2v) is 7.18. The van der Waals surface area contributed by atoms with Gasteiger partial charge < -0.3 is 10.2 Å². The Labute approximate surface area is 153 Å². The number of carbonyl (C=O) groups is 1. The lowest BCUT2D eigenvalue weighted by molar-refractivity contribution is -0.121. The summed E-state index contributed by atoms with van der Waals surface area (Å²) in [5.74, 6) is 0.0432. The number of rotatable bonds is 4. The van der Waals surface area contributed by atoms with Crippen molar-refractivity contribution in [3.63, 3.8) is 0 Å². The van der Waals surface area contributed by atoms with Crippen molar-refractivity contribution in [2.75, 3.05) is 20.1 Å². The van der Waals surface area contributed by atoms with E-state index in [0.717, 1.165) is 53.3 Å². The molecule has 2 aliphatic rings. The average molecular weight is 349 g/mol. The molecule has 1 N–H and O–H groups in total. The number of fused-ring (bicyclic) bond motifs is 1. The van der Waals surface area contributed by atoms with Crippen molar-refractivity contribution >= 4 is 11.6 Å². The van der Waals surface area contributed by atoms with Gasteiger partial charge in [-0.05, 0) is 50.7 Å². The molecule has 0 bridgehead atoms.